The lowest BCUT2D eigenvalue weighted by molar-refractivity contribution is 0.273. The van der Waals surface area contributed by atoms with E-state index in [9.17, 15) is 0 Å². The normalized spacial score (nSPS) is 24.9. The third-order valence-corrected chi connectivity index (χ3v) is 4.74. The summed E-state index contributed by atoms with van der Waals surface area (Å²) >= 11 is 3.47. The van der Waals surface area contributed by atoms with Crippen LogP contribution in [0.1, 0.15) is 24.8 Å². The minimum absolute atomic E-state index is 0.755. The molecule has 98 valence electrons. The van der Waals surface area contributed by atoms with E-state index in [2.05, 4.69) is 42.8 Å². The molecule has 1 atom stereocenters. The first kappa shape index (κ1) is 12.4. The first-order valence-corrected chi connectivity index (χ1v) is 7.99. The number of nitrogens with zero attached hydrogens (tertiary/aromatic N) is 3. The van der Waals surface area contributed by atoms with Gasteiger partial charge in [0.15, 0.2) is 0 Å². The fourth-order valence-corrected chi connectivity index (χ4v) is 3.43. The van der Waals surface area contributed by atoms with Crippen LogP contribution in [-0.2, 0) is 5.33 Å². The van der Waals surface area contributed by atoms with Crippen LogP contribution >= 0.6 is 15.9 Å². The van der Waals surface area contributed by atoms with E-state index in [0.717, 1.165) is 30.3 Å². The molecule has 0 spiro atoms. The van der Waals surface area contributed by atoms with Crippen LogP contribution in [0, 0.1) is 0 Å². The van der Waals surface area contributed by atoms with E-state index in [-0.39, 0.29) is 0 Å². The molecular formula is C14H20BrN3. The van der Waals surface area contributed by atoms with Gasteiger partial charge in [0, 0.05) is 37.2 Å². The monoisotopic (exact) mass is 309 g/mol. The van der Waals surface area contributed by atoms with E-state index in [4.69, 9.17) is 0 Å². The molecule has 2 fully saturated rings. The number of halogens is 1. The van der Waals surface area contributed by atoms with E-state index < -0.39 is 0 Å². The van der Waals surface area contributed by atoms with Crippen molar-refractivity contribution in [2.75, 3.05) is 31.1 Å². The highest BCUT2D eigenvalue weighted by Crippen LogP contribution is 2.24. The van der Waals surface area contributed by atoms with Gasteiger partial charge in [0.05, 0.1) is 0 Å². The molecule has 0 saturated carbocycles. The Bertz CT molecular complexity index is 393. The first-order valence-electron chi connectivity index (χ1n) is 6.87. The number of fused-ring (bicyclic) bond motifs is 1. The van der Waals surface area contributed by atoms with Gasteiger partial charge in [-0.25, -0.2) is 4.98 Å². The molecule has 0 aromatic carbocycles. The van der Waals surface area contributed by atoms with Crippen LogP contribution < -0.4 is 4.90 Å². The average Bonchev–Trinajstić information content (AvgIpc) is 2.76. The number of rotatable bonds is 2. The van der Waals surface area contributed by atoms with Crippen LogP contribution in [0.5, 0.6) is 0 Å². The maximum atomic E-state index is 4.61. The topological polar surface area (TPSA) is 19.4 Å². The summed E-state index contributed by atoms with van der Waals surface area (Å²) in [5, 5.41) is 0.886. The van der Waals surface area contributed by atoms with E-state index in [1.54, 1.807) is 0 Å². The molecule has 2 aliphatic heterocycles. The van der Waals surface area contributed by atoms with Crippen molar-refractivity contribution < 1.29 is 0 Å². The molecule has 4 heteroatoms. The van der Waals surface area contributed by atoms with Crippen molar-refractivity contribution in [3.63, 3.8) is 0 Å². The summed E-state index contributed by atoms with van der Waals surface area (Å²) in [4.78, 5) is 9.73. The molecule has 3 heterocycles. The SMILES string of the molecule is BrCc1ccc(N2CCCN3CCCC3C2)nc1. The second-order valence-electron chi connectivity index (χ2n) is 5.29. The number of pyridine rings is 1. The Morgan fingerprint density at radius 1 is 1.22 bits per heavy atom. The molecular weight excluding hydrogens is 290 g/mol. The van der Waals surface area contributed by atoms with Crippen LogP contribution in [0.25, 0.3) is 0 Å². The van der Waals surface area contributed by atoms with Gasteiger partial charge in [-0.2, -0.15) is 0 Å². The highest BCUT2D eigenvalue weighted by atomic mass is 79.9. The highest BCUT2D eigenvalue weighted by molar-refractivity contribution is 9.08. The minimum Gasteiger partial charge on any atom is -0.355 e. The Kier molecular flexibility index (Phi) is 3.85. The van der Waals surface area contributed by atoms with Crippen molar-refractivity contribution in [2.24, 2.45) is 0 Å². The lowest BCUT2D eigenvalue weighted by Crippen LogP contribution is -2.36. The van der Waals surface area contributed by atoms with Crippen molar-refractivity contribution >= 4 is 21.7 Å². The van der Waals surface area contributed by atoms with E-state index >= 15 is 0 Å². The Hall–Kier alpha value is -0.610. The maximum Gasteiger partial charge on any atom is 0.128 e. The van der Waals surface area contributed by atoms with Crippen molar-refractivity contribution in [1.29, 1.82) is 0 Å². The zero-order valence-electron chi connectivity index (χ0n) is 10.7. The summed E-state index contributed by atoms with van der Waals surface area (Å²) in [6.45, 7) is 4.86. The summed E-state index contributed by atoms with van der Waals surface area (Å²) < 4.78 is 0. The molecule has 0 aliphatic carbocycles. The van der Waals surface area contributed by atoms with Gasteiger partial charge in [0.2, 0.25) is 0 Å². The Morgan fingerprint density at radius 2 is 2.11 bits per heavy atom. The number of hydrogen-bond donors (Lipinski definition) is 0. The lowest BCUT2D eigenvalue weighted by Gasteiger charge is -2.26. The standard InChI is InChI=1S/C14H20BrN3/c15-9-12-4-5-14(16-10-12)18-8-2-7-17-6-1-3-13(17)11-18/h4-5,10,13H,1-3,6-9,11H2. The number of hydrogen-bond acceptors (Lipinski definition) is 3. The van der Waals surface area contributed by atoms with Crippen molar-refractivity contribution in [3.05, 3.63) is 23.9 Å². The summed E-state index contributed by atoms with van der Waals surface area (Å²) in [7, 11) is 0. The molecule has 1 aromatic rings. The van der Waals surface area contributed by atoms with E-state index in [1.165, 1.54) is 37.9 Å². The van der Waals surface area contributed by atoms with Crippen LogP contribution in [0.4, 0.5) is 5.82 Å². The van der Waals surface area contributed by atoms with Gasteiger partial charge >= 0.3 is 0 Å². The quantitative estimate of drug-likeness (QED) is 0.783. The zero-order chi connectivity index (χ0) is 12.4. The van der Waals surface area contributed by atoms with Crippen LogP contribution in [0.15, 0.2) is 18.3 Å². The fraction of sp³-hybridized carbons (Fsp3) is 0.643. The largest absolute Gasteiger partial charge is 0.355 e. The zero-order valence-corrected chi connectivity index (χ0v) is 12.3. The molecule has 0 radical (unpaired) electrons. The van der Waals surface area contributed by atoms with Crippen LogP contribution in [-0.4, -0.2) is 42.1 Å². The molecule has 0 N–H and O–H groups in total. The third kappa shape index (κ3) is 2.54. The molecule has 2 aliphatic rings. The third-order valence-electron chi connectivity index (χ3n) is 4.09. The summed E-state index contributed by atoms with van der Waals surface area (Å²) in [5.74, 6) is 1.15. The average molecular weight is 310 g/mol. The second kappa shape index (κ2) is 5.57. The van der Waals surface area contributed by atoms with Gasteiger partial charge in [-0.15, -0.1) is 0 Å². The van der Waals surface area contributed by atoms with Gasteiger partial charge < -0.3 is 4.90 Å². The van der Waals surface area contributed by atoms with Crippen molar-refractivity contribution in [2.45, 2.75) is 30.6 Å². The second-order valence-corrected chi connectivity index (χ2v) is 5.85. The number of alkyl halides is 1. The molecule has 18 heavy (non-hydrogen) atoms. The Labute approximate surface area is 117 Å². The summed E-state index contributed by atoms with van der Waals surface area (Å²) in [5.41, 5.74) is 1.25. The predicted octanol–water partition coefficient (Wildman–Crippen LogP) is 2.65. The van der Waals surface area contributed by atoms with Gasteiger partial charge in [-0.3, -0.25) is 4.90 Å². The lowest BCUT2D eigenvalue weighted by atomic mass is 10.2. The predicted molar refractivity (Wildman–Crippen MR) is 78.3 cm³/mol. The molecule has 3 nitrogen and oxygen atoms in total. The molecule has 3 rings (SSSR count). The van der Waals surface area contributed by atoms with Gasteiger partial charge in [-0.1, -0.05) is 22.0 Å². The highest BCUT2D eigenvalue weighted by Gasteiger charge is 2.28. The van der Waals surface area contributed by atoms with Crippen LogP contribution in [0.2, 0.25) is 0 Å². The number of anilines is 1. The van der Waals surface area contributed by atoms with Gasteiger partial charge in [-0.05, 0) is 37.4 Å². The fourth-order valence-electron chi connectivity index (χ4n) is 3.10. The Morgan fingerprint density at radius 3 is 2.89 bits per heavy atom. The summed E-state index contributed by atoms with van der Waals surface area (Å²) in [6.07, 6.45) is 5.98. The van der Waals surface area contributed by atoms with E-state index in [1.807, 2.05) is 6.20 Å². The van der Waals surface area contributed by atoms with E-state index in [0.29, 0.717) is 0 Å². The maximum absolute atomic E-state index is 4.61. The molecule has 1 unspecified atom stereocenters. The minimum atomic E-state index is 0.755. The Balaban J connectivity index is 1.74. The molecule has 2 saturated heterocycles. The molecule has 0 amide bonds. The summed E-state index contributed by atoms with van der Waals surface area (Å²) in [6, 6.07) is 5.10. The van der Waals surface area contributed by atoms with Gasteiger partial charge in [0.1, 0.15) is 5.82 Å². The van der Waals surface area contributed by atoms with Gasteiger partial charge in [0.25, 0.3) is 0 Å². The van der Waals surface area contributed by atoms with Crippen molar-refractivity contribution in [1.82, 2.24) is 9.88 Å². The molecule has 0 bridgehead atoms. The van der Waals surface area contributed by atoms with Crippen LogP contribution in [0.3, 0.4) is 0 Å². The first-order chi connectivity index (χ1) is 8.86. The number of aromatic nitrogens is 1. The van der Waals surface area contributed by atoms with Crippen molar-refractivity contribution in [3.8, 4) is 0 Å². The smallest absolute Gasteiger partial charge is 0.128 e. The molecule has 1 aromatic heterocycles.